The first-order chi connectivity index (χ1) is 9.37. The van der Waals surface area contributed by atoms with Gasteiger partial charge in [0.25, 0.3) is 5.91 Å². The van der Waals surface area contributed by atoms with E-state index in [1.807, 2.05) is 32.6 Å². The van der Waals surface area contributed by atoms with E-state index in [9.17, 15) is 4.79 Å². The van der Waals surface area contributed by atoms with E-state index < -0.39 is 0 Å². The smallest absolute Gasteiger partial charge is 0.255 e. The number of ether oxygens (including phenoxy) is 2. The normalized spacial score (nSPS) is 18.1. The minimum Gasteiger partial charge on any atom is -0.475 e. The molecule has 1 amide bonds. The quantitative estimate of drug-likeness (QED) is 0.850. The van der Waals surface area contributed by atoms with Gasteiger partial charge >= 0.3 is 0 Å². The van der Waals surface area contributed by atoms with Gasteiger partial charge in [0, 0.05) is 25.4 Å². The number of morpholine rings is 1. The van der Waals surface area contributed by atoms with Crippen LogP contribution < -0.4 is 4.74 Å². The molecule has 0 N–H and O–H groups in total. The third-order valence-electron chi connectivity index (χ3n) is 3.05. The molecule has 2 rings (SSSR count). The summed E-state index contributed by atoms with van der Waals surface area (Å²) in [7, 11) is 0. The number of pyridine rings is 1. The number of carbonyl (C=O) groups is 1. The Balaban J connectivity index is 2.05. The minimum absolute atomic E-state index is 0.00929. The molecule has 5 heteroatoms. The molecule has 1 aromatic rings. The zero-order chi connectivity index (χ0) is 14.8. The molecule has 0 spiro atoms. The van der Waals surface area contributed by atoms with Crippen LogP contribution in [-0.2, 0) is 4.74 Å². The Bertz CT molecular complexity index is 469. The van der Waals surface area contributed by atoms with Gasteiger partial charge in [-0.05, 0) is 33.8 Å². The van der Waals surface area contributed by atoms with Gasteiger partial charge in [-0.3, -0.25) is 4.79 Å². The van der Waals surface area contributed by atoms with Crippen LogP contribution in [0.3, 0.4) is 0 Å². The fraction of sp³-hybridized carbons (Fsp3) is 0.600. The van der Waals surface area contributed by atoms with E-state index >= 15 is 0 Å². The van der Waals surface area contributed by atoms with Gasteiger partial charge < -0.3 is 14.4 Å². The fourth-order valence-corrected chi connectivity index (χ4v) is 2.19. The lowest BCUT2D eigenvalue weighted by Gasteiger charge is -2.38. The summed E-state index contributed by atoms with van der Waals surface area (Å²) in [6, 6.07) is 3.49. The van der Waals surface area contributed by atoms with Crippen LogP contribution >= 0.6 is 0 Å². The Labute approximate surface area is 119 Å². The van der Waals surface area contributed by atoms with Gasteiger partial charge in [-0.1, -0.05) is 0 Å². The Morgan fingerprint density at radius 3 is 2.75 bits per heavy atom. The lowest BCUT2D eigenvalue weighted by atomic mass is 10.1. The SMILES string of the molecule is CC(C)Oc1ccc(C(=O)N2CCOC(C)(C)C2)cn1. The standard InChI is InChI=1S/C15H22N2O3/c1-11(2)20-13-6-5-12(9-16-13)14(18)17-7-8-19-15(3,4)10-17/h5-6,9,11H,7-8,10H2,1-4H3. The van der Waals surface area contributed by atoms with Gasteiger partial charge in [-0.15, -0.1) is 0 Å². The first-order valence-corrected chi connectivity index (χ1v) is 6.93. The van der Waals surface area contributed by atoms with Crippen molar-refractivity contribution in [2.75, 3.05) is 19.7 Å². The van der Waals surface area contributed by atoms with Crippen LogP contribution in [0.15, 0.2) is 18.3 Å². The van der Waals surface area contributed by atoms with Crippen molar-refractivity contribution in [2.45, 2.75) is 39.4 Å². The van der Waals surface area contributed by atoms with Crippen LogP contribution in [0.4, 0.5) is 0 Å². The van der Waals surface area contributed by atoms with E-state index in [-0.39, 0.29) is 17.6 Å². The average Bonchev–Trinajstić information content (AvgIpc) is 2.37. The zero-order valence-electron chi connectivity index (χ0n) is 12.5. The largest absolute Gasteiger partial charge is 0.475 e. The van der Waals surface area contributed by atoms with Crippen molar-refractivity contribution in [2.24, 2.45) is 0 Å². The van der Waals surface area contributed by atoms with Crippen LogP contribution in [0.2, 0.25) is 0 Å². The van der Waals surface area contributed by atoms with Crippen LogP contribution in [-0.4, -0.2) is 47.2 Å². The Hall–Kier alpha value is -1.62. The summed E-state index contributed by atoms with van der Waals surface area (Å²) in [4.78, 5) is 18.4. The van der Waals surface area contributed by atoms with Gasteiger partial charge in [0.1, 0.15) is 0 Å². The van der Waals surface area contributed by atoms with Crippen molar-refractivity contribution in [3.63, 3.8) is 0 Å². The first-order valence-electron chi connectivity index (χ1n) is 6.93. The summed E-state index contributed by atoms with van der Waals surface area (Å²) >= 11 is 0. The molecular weight excluding hydrogens is 256 g/mol. The maximum atomic E-state index is 12.4. The summed E-state index contributed by atoms with van der Waals surface area (Å²) in [6.45, 7) is 9.64. The minimum atomic E-state index is -0.290. The number of hydrogen-bond donors (Lipinski definition) is 0. The molecule has 1 fully saturated rings. The van der Waals surface area contributed by atoms with Crippen molar-refractivity contribution in [3.8, 4) is 5.88 Å². The highest BCUT2D eigenvalue weighted by Gasteiger charge is 2.30. The van der Waals surface area contributed by atoms with E-state index in [0.717, 1.165) is 0 Å². The molecule has 1 aromatic heterocycles. The molecule has 0 radical (unpaired) electrons. The van der Waals surface area contributed by atoms with Crippen LogP contribution in [0.25, 0.3) is 0 Å². The summed E-state index contributed by atoms with van der Waals surface area (Å²) in [5.41, 5.74) is 0.293. The lowest BCUT2D eigenvalue weighted by Crippen LogP contribution is -2.50. The van der Waals surface area contributed by atoms with E-state index in [1.165, 1.54) is 0 Å². The molecule has 0 saturated carbocycles. The Kier molecular flexibility index (Phi) is 4.28. The highest BCUT2D eigenvalue weighted by molar-refractivity contribution is 5.94. The molecule has 0 aliphatic carbocycles. The molecule has 1 aliphatic heterocycles. The summed E-state index contributed by atoms with van der Waals surface area (Å²) in [5.74, 6) is 0.531. The third kappa shape index (κ3) is 3.70. The lowest BCUT2D eigenvalue weighted by molar-refractivity contribution is -0.0764. The predicted molar refractivity (Wildman–Crippen MR) is 75.9 cm³/mol. The fourth-order valence-electron chi connectivity index (χ4n) is 2.19. The molecule has 1 aliphatic rings. The maximum Gasteiger partial charge on any atom is 0.255 e. The highest BCUT2D eigenvalue weighted by atomic mass is 16.5. The molecule has 110 valence electrons. The molecule has 0 aromatic carbocycles. The van der Waals surface area contributed by atoms with Gasteiger partial charge in [0.15, 0.2) is 0 Å². The highest BCUT2D eigenvalue weighted by Crippen LogP contribution is 2.19. The van der Waals surface area contributed by atoms with Crippen molar-refractivity contribution in [3.05, 3.63) is 23.9 Å². The Morgan fingerprint density at radius 1 is 1.45 bits per heavy atom. The van der Waals surface area contributed by atoms with Gasteiger partial charge in [-0.25, -0.2) is 4.98 Å². The van der Waals surface area contributed by atoms with Crippen molar-refractivity contribution >= 4 is 5.91 Å². The predicted octanol–water partition coefficient (Wildman–Crippen LogP) is 2.12. The molecule has 1 saturated heterocycles. The molecule has 5 nitrogen and oxygen atoms in total. The number of aromatic nitrogens is 1. The Morgan fingerprint density at radius 2 is 2.20 bits per heavy atom. The van der Waals surface area contributed by atoms with Crippen LogP contribution in [0.5, 0.6) is 5.88 Å². The van der Waals surface area contributed by atoms with Crippen molar-refractivity contribution in [1.29, 1.82) is 0 Å². The van der Waals surface area contributed by atoms with Crippen molar-refractivity contribution in [1.82, 2.24) is 9.88 Å². The summed E-state index contributed by atoms with van der Waals surface area (Å²) in [5, 5.41) is 0. The van der Waals surface area contributed by atoms with Crippen molar-refractivity contribution < 1.29 is 14.3 Å². The third-order valence-corrected chi connectivity index (χ3v) is 3.05. The van der Waals surface area contributed by atoms with E-state index in [2.05, 4.69) is 4.98 Å². The molecule has 0 unspecified atom stereocenters. The molecule has 2 heterocycles. The molecular formula is C15H22N2O3. The second-order valence-electron chi connectivity index (χ2n) is 5.89. The van der Waals surface area contributed by atoms with E-state index in [1.54, 1.807) is 18.3 Å². The molecule has 0 bridgehead atoms. The van der Waals surface area contributed by atoms with Crippen LogP contribution in [0, 0.1) is 0 Å². The van der Waals surface area contributed by atoms with Crippen LogP contribution in [0.1, 0.15) is 38.1 Å². The van der Waals surface area contributed by atoms with Gasteiger partial charge in [-0.2, -0.15) is 0 Å². The average molecular weight is 278 g/mol. The van der Waals surface area contributed by atoms with E-state index in [4.69, 9.17) is 9.47 Å². The zero-order valence-corrected chi connectivity index (χ0v) is 12.5. The number of nitrogens with zero attached hydrogens (tertiary/aromatic N) is 2. The molecule has 20 heavy (non-hydrogen) atoms. The summed E-state index contributed by atoms with van der Waals surface area (Å²) in [6.07, 6.45) is 1.65. The monoisotopic (exact) mass is 278 g/mol. The second kappa shape index (κ2) is 5.79. The maximum absolute atomic E-state index is 12.4. The summed E-state index contributed by atoms with van der Waals surface area (Å²) < 4.78 is 11.1. The topological polar surface area (TPSA) is 51.7 Å². The number of carbonyl (C=O) groups excluding carboxylic acids is 1. The number of hydrogen-bond acceptors (Lipinski definition) is 4. The second-order valence-corrected chi connectivity index (χ2v) is 5.89. The van der Waals surface area contributed by atoms with E-state index in [0.29, 0.717) is 31.1 Å². The number of amides is 1. The number of rotatable bonds is 3. The van der Waals surface area contributed by atoms with Gasteiger partial charge in [0.2, 0.25) is 5.88 Å². The first kappa shape index (κ1) is 14.8. The van der Waals surface area contributed by atoms with Gasteiger partial charge in [0.05, 0.1) is 23.9 Å². The molecule has 0 atom stereocenters.